The predicted molar refractivity (Wildman–Crippen MR) is 78.2 cm³/mol. The molecule has 0 unspecified atom stereocenters. The lowest BCUT2D eigenvalue weighted by atomic mass is 10.1. The van der Waals surface area contributed by atoms with Crippen molar-refractivity contribution in [3.63, 3.8) is 0 Å². The zero-order valence-corrected chi connectivity index (χ0v) is 12.1. The fraction of sp³-hybridized carbons (Fsp3) is 0.267. The number of hydrogen-bond acceptors (Lipinski definition) is 4. The molecule has 7 nitrogen and oxygen atoms in total. The van der Waals surface area contributed by atoms with Crippen LogP contribution in [-0.2, 0) is 16.1 Å². The van der Waals surface area contributed by atoms with Crippen LogP contribution in [0.25, 0.3) is 0 Å². The number of nitrogens with one attached hydrogen (secondary N) is 1. The van der Waals surface area contributed by atoms with Crippen LogP contribution in [0.5, 0.6) is 5.75 Å². The number of aromatic hydroxyl groups is 1. The van der Waals surface area contributed by atoms with Crippen LogP contribution in [0.4, 0.5) is 0 Å². The molecule has 116 valence electrons. The van der Waals surface area contributed by atoms with E-state index in [1.165, 1.54) is 24.3 Å². The van der Waals surface area contributed by atoms with Gasteiger partial charge in [0.15, 0.2) is 6.04 Å². The molecule has 1 atom stereocenters. The van der Waals surface area contributed by atoms with Crippen LogP contribution in [0.3, 0.4) is 0 Å². The van der Waals surface area contributed by atoms with Crippen molar-refractivity contribution in [3.05, 3.63) is 47.8 Å². The van der Waals surface area contributed by atoms with E-state index in [1.807, 2.05) is 13.1 Å². The molecule has 0 spiro atoms. The minimum atomic E-state index is -1.16. The van der Waals surface area contributed by atoms with Crippen LogP contribution in [0.15, 0.2) is 36.7 Å². The van der Waals surface area contributed by atoms with E-state index in [0.717, 1.165) is 5.56 Å². The second-order valence-electron chi connectivity index (χ2n) is 4.96. The molecule has 3 N–H and O–H groups in total. The van der Waals surface area contributed by atoms with Crippen LogP contribution in [0, 0.1) is 6.92 Å². The molecule has 0 aliphatic rings. The lowest BCUT2D eigenvalue weighted by Crippen LogP contribution is -2.34. The Morgan fingerprint density at radius 3 is 2.55 bits per heavy atom. The number of carboxylic acids is 1. The van der Waals surface area contributed by atoms with Crippen molar-refractivity contribution in [3.8, 4) is 5.75 Å². The van der Waals surface area contributed by atoms with Gasteiger partial charge in [-0.1, -0.05) is 12.1 Å². The Kier molecular flexibility index (Phi) is 4.77. The van der Waals surface area contributed by atoms with Gasteiger partial charge in [-0.15, -0.1) is 0 Å². The Hall–Kier alpha value is -2.83. The van der Waals surface area contributed by atoms with Crippen LogP contribution < -0.4 is 5.32 Å². The quantitative estimate of drug-likeness (QED) is 0.744. The van der Waals surface area contributed by atoms with Gasteiger partial charge in [0, 0.05) is 19.2 Å². The standard InChI is InChI=1S/C15H17N3O4/c1-10-8-16-18(9-10)7-6-13(20)17-14(15(21)22)11-2-4-12(19)5-3-11/h2-5,8-9,14,19H,6-7H2,1H3,(H,17,20)(H,21,22)/t14-/m1/s1. The minimum Gasteiger partial charge on any atom is -0.508 e. The van der Waals surface area contributed by atoms with Crippen molar-refractivity contribution in [2.75, 3.05) is 0 Å². The highest BCUT2D eigenvalue weighted by molar-refractivity contribution is 5.84. The summed E-state index contributed by atoms with van der Waals surface area (Å²) >= 11 is 0. The number of nitrogens with zero attached hydrogens (tertiary/aromatic N) is 2. The maximum Gasteiger partial charge on any atom is 0.330 e. The van der Waals surface area contributed by atoms with E-state index in [1.54, 1.807) is 10.9 Å². The van der Waals surface area contributed by atoms with Gasteiger partial charge >= 0.3 is 5.97 Å². The Morgan fingerprint density at radius 1 is 1.32 bits per heavy atom. The summed E-state index contributed by atoms with van der Waals surface area (Å²) in [5, 5.41) is 25.0. The van der Waals surface area contributed by atoms with Gasteiger partial charge in [0.2, 0.25) is 5.91 Å². The summed E-state index contributed by atoms with van der Waals surface area (Å²) in [6.07, 6.45) is 3.62. The van der Waals surface area contributed by atoms with Crippen LogP contribution in [0.2, 0.25) is 0 Å². The second-order valence-corrected chi connectivity index (χ2v) is 4.96. The normalized spacial score (nSPS) is 11.9. The highest BCUT2D eigenvalue weighted by Crippen LogP contribution is 2.17. The number of carbonyl (C=O) groups is 2. The van der Waals surface area contributed by atoms with Crippen LogP contribution >= 0.6 is 0 Å². The van der Waals surface area contributed by atoms with Crippen molar-refractivity contribution in [1.82, 2.24) is 15.1 Å². The SMILES string of the molecule is Cc1cnn(CCC(=O)N[C@@H](C(=O)O)c2ccc(O)cc2)c1. The topological polar surface area (TPSA) is 104 Å². The molecule has 2 aromatic rings. The van der Waals surface area contributed by atoms with Crippen molar-refractivity contribution in [2.24, 2.45) is 0 Å². The Balaban J connectivity index is 1.97. The van der Waals surface area contributed by atoms with Gasteiger partial charge in [0.25, 0.3) is 0 Å². The first-order valence-electron chi connectivity index (χ1n) is 6.76. The number of carboxylic acid groups (broad SMARTS) is 1. The lowest BCUT2D eigenvalue weighted by molar-refractivity contribution is -0.142. The Morgan fingerprint density at radius 2 is 2.00 bits per heavy atom. The molecule has 1 heterocycles. The molecule has 0 aliphatic heterocycles. The van der Waals surface area contributed by atoms with Gasteiger partial charge in [-0.25, -0.2) is 4.79 Å². The number of hydrogen-bond donors (Lipinski definition) is 3. The summed E-state index contributed by atoms with van der Waals surface area (Å²) in [5.74, 6) is -1.50. The zero-order valence-electron chi connectivity index (χ0n) is 12.1. The van der Waals surface area contributed by atoms with Crippen molar-refractivity contribution in [2.45, 2.75) is 25.9 Å². The molecule has 1 amide bonds. The summed E-state index contributed by atoms with van der Waals surface area (Å²) in [5.41, 5.74) is 1.39. The average Bonchev–Trinajstić information content (AvgIpc) is 2.89. The first-order valence-corrected chi connectivity index (χ1v) is 6.76. The van der Waals surface area contributed by atoms with Crippen molar-refractivity contribution >= 4 is 11.9 Å². The molecular formula is C15H17N3O4. The first-order chi connectivity index (χ1) is 10.5. The predicted octanol–water partition coefficient (Wildman–Crippen LogP) is 1.23. The fourth-order valence-electron chi connectivity index (χ4n) is 1.99. The molecule has 2 rings (SSSR count). The largest absolute Gasteiger partial charge is 0.508 e. The minimum absolute atomic E-state index is 0.0354. The summed E-state index contributed by atoms with van der Waals surface area (Å²) in [6.45, 7) is 2.27. The lowest BCUT2D eigenvalue weighted by Gasteiger charge is -2.15. The van der Waals surface area contributed by atoms with Gasteiger partial charge in [-0.2, -0.15) is 5.10 Å². The second kappa shape index (κ2) is 6.75. The monoisotopic (exact) mass is 303 g/mol. The average molecular weight is 303 g/mol. The maximum atomic E-state index is 11.9. The van der Waals surface area contributed by atoms with Gasteiger partial charge in [-0.3, -0.25) is 9.48 Å². The molecule has 7 heteroatoms. The molecule has 0 bridgehead atoms. The van der Waals surface area contributed by atoms with E-state index in [2.05, 4.69) is 10.4 Å². The van der Waals surface area contributed by atoms with Crippen molar-refractivity contribution in [1.29, 1.82) is 0 Å². The third kappa shape index (κ3) is 4.08. The Bertz CT molecular complexity index is 664. The number of amides is 1. The molecule has 0 saturated heterocycles. The first kappa shape index (κ1) is 15.6. The summed E-state index contributed by atoms with van der Waals surface area (Å²) < 4.78 is 1.63. The number of rotatable bonds is 6. The molecule has 0 saturated carbocycles. The van der Waals surface area contributed by atoms with E-state index in [4.69, 9.17) is 0 Å². The van der Waals surface area contributed by atoms with Gasteiger partial charge < -0.3 is 15.5 Å². The summed E-state index contributed by atoms with van der Waals surface area (Å²) in [6, 6.07) is 4.54. The smallest absolute Gasteiger partial charge is 0.330 e. The van der Waals surface area contributed by atoms with E-state index >= 15 is 0 Å². The molecule has 1 aromatic carbocycles. The molecule has 0 fully saturated rings. The van der Waals surface area contributed by atoms with Gasteiger partial charge in [-0.05, 0) is 30.2 Å². The maximum absolute atomic E-state index is 11.9. The molecule has 0 aliphatic carbocycles. The van der Waals surface area contributed by atoms with E-state index in [9.17, 15) is 19.8 Å². The highest BCUT2D eigenvalue weighted by atomic mass is 16.4. The molecular weight excluding hydrogens is 286 g/mol. The van der Waals surface area contributed by atoms with Gasteiger partial charge in [0.1, 0.15) is 5.75 Å². The van der Waals surface area contributed by atoms with E-state index in [-0.39, 0.29) is 18.1 Å². The summed E-state index contributed by atoms with van der Waals surface area (Å²) in [4.78, 5) is 23.2. The number of phenolic OH excluding ortho intramolecular Hbond substituents is 1. The Labute approximate surface area is 127 Å². The zero-order chi connectivity index (χ0) is 16.1. The molecule has 1 aromatic heterocycles. The third-order valence-corrected chi connectivity index (χ3v) is 3.11. The third-order valence-electron chi connectivity index (χ3n) is 3.11. The van der Waals surface area contributed by atoms with E-state index < -0.39 is 12.0 Å². The number of aliphatic carboxylic acids is 1. The summed E-state index contributed by atoms with van der Waals surface area (Å²) in [7, 11) is 0. The number of benzene rings is 1. The number of carbonyl (C=O) groups excluding carboxylic acids is 1. The number of aryl methyl sites for hydroxylation is 2. The van der Waals surface area contributed by atoms with Crippen LogP contribution in [-0.4, -0.2) is 31.9 Å². The molecule has 22 heavy (non-hydrogen) atoms. The van der Waals surface area contributed by atoms with Crippen molar-refractivity contribution < 1.29 is 19.8 Å². The van der Waals surface area contributed by atoms with Gasteiger partial charge in [0.05, 0.1) is 6.20 Å². The number of aromatic nitrogens is 2. The fourth-order valence-corrected chi connectivity index (χ4v) is 1.99. The van der Waals surface area contributed by atoms with E-state index in [0.29, 0.717) is 12.1 Å². The highest BCUT2D eigenvalue weighted by Gasteiger charge is 2.21. The van der Waals surface area contributed by atoms with Crippen LogP contribution in [0.1, 0.15) is 23.6 Å². The molecule has 0 radical (unpaired) electrons. The number of phenols is 1.